The molecule has 22 heavy (non-hydrogen) atoms. The quantitative estimate of drug-likeness (QED) is 0.815. The number of hydrogen-bond donors (Lipinski definition) is 2. The molecule has 2 heterocycles. The van der Waals surface area contributed by atoms with E-state index in [2.05, 4.69) is 15.5 Å². The van der Waals surface area contributed by atoms with E-state index in [-0.39, 0.29) is 0 Å². The molecule has 1 aliphatic carbocycles. The number of hydrogen-bond acceptors (Lipinski definition) is 4. The molecule has 0 bridgehead atoms. The Morgan fingerprint density at radius 3 is 2.68 bits per heavy atom. The lowest BCUT2D eigenvalue weighted by Gasteiger charge is -2.30. The molecule has 0 aromatic carbocycles. The van der Waals surface area contributed by atoms with Gasteiger partial charge in [-0.25, -0.2) is 12.7 Å². The Bertz CT molecular complexity index is 603. The van der Waals surface area contributed by atoms with Crippen LogP contribution in [0.5, 0.6) is 0 Å². The fraction of sp³-hybridized carbons (Fsp3) is 0.800. The summed E-state index contributed by atoms with van der Waals surface area (Å²) in [5.41, 5.74) is 3.89. The fourth-order valence-corrected chi connectivity index (χ4v) is 4.38. The van der Waals surface area contributed by atoms with Gasteiger partial charge in [0.1, 0.15) is 0 Å². The number of piperidine rings is 1. The van der Waals surface area contributed by atoms with E-state index in [1.807, 2.05) is 0 Å². The fourth-order valence-electron chi connectivity index (χ4n) is 3.51. The molecule has 2 N–H and O–H groups in total. The van der Waals surface area contributed by atoms with Crippen LogP contribution in [-0.4, -0.2) is 48.3 Å². The minimum atomic E-state index is -3.04. The molecular formula is C15H26N4O2S. The first kappa shape index (κ1) is 16.0. The Hall–Kier alpha value is -0.920. The lowest BCUT2D eigenvalue weighted by atomic mass is 10.1. The Morgan fingerprint density at radius 2 is 1.95 bits per heavy atom. The molecule has 2 aliphatic rings. The van der Waals surface area contributed by atoms with Crippen molar-refractivity contribution in [3.8, 4) is 0 Å². The first-order chi connectivity index (χ1) is 10.5. The average Bonchev–Trinajstić information content (AvgIpc) is 2.72. The number of rotatable bonds is 4. The van der Waals surface area contributed by atoms with Gasteiger partial charge in [0.2, 0.25) is 10.0 Å². The van der Waals surface area contributed by atoms with Crippen LogP contribution in [0.1, 0.15) is 49.1 Å². The zero-order chi connectivity index (χ0) is 15.6. The van der Waals surface area contributed by atoms with Crippen molar-refractivity contribution in [2.45, 2.75) is 57.5 Å². The molecule has 6 nitrogen and oxygen atoms in total. The van der Waals surface area contributed by atoms with Gasteiger partial charge in [0.25, 0.3) is 0 Å². The van der Waals surface area contributed by atoms with Crippen molar-refractivity contribution in [3.05, 3.63) is 17.0 Å². The summed E-state index contributed by atoms with van der Waals surface area (Å²) in [4.78, 5) is 0. The maximum Gasteiger partial charge on any atom is 0.211 e. The van der Waals surface area contributed by atoms with Gasteiger partial charge >= 0.3 is 0 Å². The SMILES string of the molecule is CS(=O)(=O)N1CCC(NCc2n[nH]c3c2CCCCC3)CC1. The van der Waals surface area contributed by atoms with Crippen LogP contribution < -0.4 is 5.32 Å². The first-order valence-electron chi connectivity index (χ1n) is 8.27. The number of aromatic nitrogens is 2. The molecule has 1 saturated heterocycles. The van der Waals surface area contributed by atoms with E-state index in [4.69, 9.17) is 0 Å². The van der Waals surface area contributed by atoms with Crippen molar-refractivity contribution >= 4 is 10.0 Å². The highest BCUT2D eigenvalue weighted by molar-refractivity contribution is 7.88. The van der Waals surface area contributed by atoms with Gasteiger partial charge in [-0.2, -0.15) is 5.10 Å². The van der Waals surface area contributed by atoms with Gasteiger partial charge in [0.05, 0.1) is 11.9 Å². The summed E-state index contributed by atoms with van der Waals surface area (Å²) in [5, 5.41) is 11.3. The summed E-state index contributed by atoms with van der Waals surface area (Å²) in [6, 6.07) is 0.385. The topological polar surface area (TPSA) is 78.1 Å². The van der Waals surface area contributed by atoms with E-state index in [1.54, 1.807) is 4.31 Å². The Kier molecular flexibility index (Phi) is 4.84. The second-order valence-electron chi connectivity index (χ2n) is 6.51. The van der Waals surface area contributed by atoms with Crippen molar-refractivity contribution in [3.63, 3.8) is 0 Å². The Morgan fingerprint density at radius 1 is 1.23 bits per heavy atom. The molecule has 7 heteroatoms. The minimum absolute atomic E-state index is 0.385. The standard InChI is InChI=1S/C15H26N4O2S/c1-22(20,21)19-9-7-12(8-10-19)16-11-15-13-5-3-2-4-6-14(13)17-18-15/h12,16H,2-11H2,1H3,(H,17,18). The summed E-state index contributed by atoms with van der Waals surface area (Å²) in [6.45, 7) is 2.03. The molecule has 1 aromatic heterocycles. The van der Waals surface area contributed by atoms with Crippen LogP contribution in [0.15, 0.2) is 0 Å². The molecule has 0 spiro atoms. The maximum atomic E-state index is 11.5. The van der Waals surface area contributed by atoms with Gasteiger partial charge in [-0.1, -0.05) is 6.42 Å². The molecule has 3 rings (SSSR count). The monoisotopic (exact) mass is 326 g/mol. The van der Waals surface area contributed by atoms with Crippen molar-refractivity contribution in [1.29, 1.82) is 0 Å². The highest BCUT2D eigenvalue weighted by Gasteiger charge is 2.25. The number of H-pyrrole nitrogens is 1. The third kappa shape index (κ3) is 3.70. The number of sulfonamides is 1. The van der Waals surface area contributed by atoms with Gasteiger partial charge in [-0.15, -0.1) is 0 Å². The molecule has 0 atom stereocenters. The van der Waals surface area contributed by atoms with Crippen molar-refractivity contribution in [2.75, 3.05) is 19.3 Å². The molecule has 1 aliphatic heterocycles. The average molecular weight is 326 g/mol. The molecule has 0 amide bonds. The lowest BCUT2D eigenvalue weighted by molar-refractivity contribution is 0.289. The van der Waals surface area contributed by atoms with Crippen molar-refractivity contribution in [2.24, 2.45) is 0 Å². The van der Waals surface area contributed by atoms with Crippen LogP contribution in [-0.2, 0) is 29.4 Å². The van der Waals surface area contributed by atoms with Gasteiger partial charge in [0.15, 0.2) is 0 Å². The van der Waals surface area contributed by atoms with Gasteiger partial charge in [-0.05, 0) is 44.1 Å². The van der Waals surface area contributed by atoms with Crippen molar-refractivity contribution in [1.82, 2.24) is 19.8 Å². The largest absolute Gasteiger partial charge is 0.308 e. The number of nitrogens with zero attached hydrogens (tertiary/aromatic N) is 2. The number of nitrogens with one attached hydrogen (secondary N) is 2. The molecule has 1 aromatic rings. The highest BCUT2D eigenvalue weighted by Crippen LogP contribution is 2.22. The second-order valence-corrected chi connectivity index (χ2v) is 8.49. The van der Waals surface area contributed by atoms with E-state index in [0.717, 1.165) is 37.9 Å². The van der Waals surface area contributed by atoms with Crippen molar-refractivity contribution < 1.29 is 8.42 Å². The molecule has 1 fully saturated rings. The van der Waals surface area contributed by atoms with E-state index in [1.165, 1.54) is 36.8 Å². The predicted octanol–water partition coefficient (Wildman–Crippen LogP) is 1.19. The third-order valence-electron chi connectivity index (χ3n) is 4.87. The second kappa shape index (κ2) is 6.68. The van der Waals surface area contributed by atoms with Crippen LogP contribution in [0, 0.1) is 0 Å². The number of fused-ring (bicyclic) bond motifs is 1. The van der Waals surface area contributed by atoms with Crippen LogP contribution in [0.2, 0.25) is 0 Å². The van der Waals surface area contributed by atoms with Crippen LogP contribution in [0.25, 0.3) is 0 Å². The lowest BCUT2D eigenvalue weighted by Crippen LogP contribution is -2.44. The highest BCUT2D eigenvalue weighted by atomic mass is 32.2. The molecule has 124 valence electrons. The van der Waals surface area contributed by atoms with Gasteiger partial charge in [-0.3, -0.25) is 5.10 Å². The molecular weight excluding hydrogens is 300 g/mol. The van der Waals surface area contributed by atoms with Gasteiger partial charge in [0, 0.05) is 31.4 Å². The Balaban J connectivity index is 1.53. The van der Waals surface area contributed by atoms with E-state index in [0.29, 0.717) is 19.1 Å². The zero-order valence-electron chi connectivity index (χ0n) is 13.3. The summed E-state index contributed by atoms with van der Waals surface area (Å²) in [6.07, 6.45) is 9.11. The zero-order valence-corrected chi connectivity index (χ0v) is 14.1. The van der Waals surface area contributed by atoms with Crippen LogP contribution >= 0.6 is 0 Å². The maximum absolute atomic E-state index is 11.5. The van der Waals surface area contributed by atoms with E-state index in [9.17, 15) is 8.42 Å². The van der Waals surface area contributed by atoms with Gasteiger partial charge < -0.3 is 5.32 Å². The number of aryl methyl sites for hydroxylation is 1. The normalized spacial score (nSPS) is 21.5. The first-order valence-corrected chi connectivity index (χ1v) is 10.1. The van der Waals surface area contributed by atoms with Crippen LogP contribution in [0.3, 0.4) is 0 Å². The molecule has 0 radical (unpaired) electrons. The van der Waals surface area contributed by atoms with E-state index < -0.39 is 10.0 Å². The number of aromatic amines is 1. The minimum Gasteiger partial charge on any atom is -0.308 e. The molecule has 0 saturated carbocycles. The Labute approximate surface area is 132 Å². The third-order valence-corrected chi connectivity index (χ3v) is 6.18. The molecule has 0 unspecified atom stereocenters. The summed E-state index contributed by atoms with van der Waals surface area (Å²) >= 11 is 0. The van der Waals surface area contributed by atoms with Crippen LogP contribution in [0.4, 0.5) is 0 Å². The predicted molar refractivity (Wildman–Crippen MR) is 86.1 cm³/mol. The van der Waals surface area contributed by atoms with E-state index >= 15 is 0 Å². The summed E-state index contributed by atoms with van der Waals surface area (Å²) < 4.78 is 24.6. The smallest absolute Gasteiger partial charge is 0.211 e. The summed E-state index contributed by atoms with van der Waals surface area (Å²) in [5.74, 6) is 0. The summed E-state index contributed by atoms with van der Waals surface area (Å²) in [7, 11) is -3.04.